The number of Topliss-reactive ketones (excluding diaryl/α,β-unsaturated/α-hetero) is 1. The van der Waals surface area contributed by atoms with E-state index in [1.807, 2.05) is 26.0 Å². The quantitative estimate of drug-likeness (QED) is 0.697. The Morgan fingerprint density at radius 2 is 1.62 bits per heavy atom. The third kappa shape index (κ3) is 5.74. The van der Waals surface area contributed by atoms with Crippen molar-refractivity contribution in [2.75, 3.05) is 11.5 Å². The Bertz CT molecular complexity index is 784. The van der Waals surface area contributed by atoms with E-state index in [0.717, 1.165) is 22.9 Å². The number of benzene rings is 2. The van der Waals surface area contributed by atoms with E-state index in [1.54, 1.807) is 36.4 Å². The van der Waals surface area contributed by atoms with E-state index in [0.29, 0.717) is 11.1 Å². The van der Waals surface area contributed by atoms with Crippen LogP contribution in [0.1, 0.15) is 33.1 Å². The predicted octanol–water partition coefficient (Wildman–Crippen LogP) is 3.16. The molecule has 2 aromatic rings. The number of nitrogens with one attached hydrogen (secondary N) is 1. The summed E-state index contributed by atoms with van der Waals surface area (Å²) in [7, 11) is 0. The van der Waals surface area contributed by atoms with Gasteiger partial charge in [-0.2, -0.15) is 0 Å². The van der Waals surface area contributed by atoms with Gasteiger partial charge in [-0.05, 0) is 19.4 Å². The number of carbonyl (C=O) groups is 3. The van der Waals surface area contributed by atoms with E-state index in [-0.39, 0.29) is 17.3 Å². The van der Waals surface area contributed by atoms with Crippen molar-refractivity contribution in [3.05, 3.63) is 70.8 Å². The molecule has 2 rings (SSSR count). The number of carbonyl (C=O) groups excluding carboxylic acids is 2. The second kappa shape index (κ2) is 9.20. The zero-order valence-electron chi connectivity index (χ0n) is 14.7. The lowest BCUT2D eigenvalue weighted by molar-refractivity contribution is -0.141. The van der Waals surface area contributed by atoms with Gasteiger partial charge < -0.3 is 10.4 Å². The Labute approximate surface area is 156 Å². The van der Waals surface area contributed by atoms with Crippen LogP contribution < -0.4 is 5.32 Å². The molecule has 6 heteroatoms. The van der Waals surface area contributed by atoms with Crippen LogP contribution in [0.2, 0.25) is 0 Å². The SMILES string of the molecule is Cc1cc(C)cc(C(NC(=O)CSCC(=O)c2ccccc2)C(=O)O)c1. The average Bonchev–Trinajstić information content (AvgIpc) is 2.59. The molecule has 0 fully saturated rings. The molecule has 0 aliphatic rings. The topological polar surface area (TPSA) is 83.5 Å². The van der Waals surface area contributed by atoms with E-state index in [9.17, 15) is 19.5 Å². The first-order chi connectivity index (χ1) is 12.4. The fraction of sp³-hybridized carbons (Fsp3) is 0.250. The van der Waals surface area contributed by atoms with E-state index in [4.69, 9.17) is 0 Å². The summed E-state index contributed by atoms with van der Waals surface area (Å²) in [6.45, 7) is 3.75. The molecule has 0 saturated heterocycles. The van der Waals surface area contributed by atoms with E-state index in [2.05, 4.69) is 5.32 Å². The highest BCUT2D eigenvalue weighted by Crippen LogP contribution is 2.18. The number of amides is 1. The van der Waals surface area contributed by atoms with Gasteiger partial charge in [0.2, 0.25) is 5.91 Å². The highest BCUT2D eigenvalue weighted by Gasteiger charge is 2.22. The Hall–Kier alpha value is -2.60. The third-order valence-corrected chi connectivity index (χ3v) is 4.62. The second-order valence-corrected chi connectivity index (χ2v) is 7.03. The van der Waals surface area contributed by atoms with Crippen molar-refractivity contribution in [3.8, 4) is 0 Å². The monoisotopic (exact) mass is 371 g/mol. The van der Waals surface area contributed by atoms with E-state index < -0.39 is 17.9 Å². The average molecular weight is 371 g/mol. The number of carboxylic acid groups (broad SMARTS) is 1. The molecule has 0 aliphatic heterocycles. The van der Waals surface area contributed by atoms with Crippen LogP contribution in [0.25, 0.3) is 0 Å². The number of rotatable bonds is 8. The first-order valence-electron chi connectivity index (χ1n) is 8.13. The maximum absolute atomic E-state index is 12.1. The Kier molecular flexibility index (Phi) is 6.97. The summed E-state index contributed by atoms with van der Waals surface area (Å²) >= 11 is 1.16. The van der Waals surface area contributed by atoms with Crippen LogP contribution in [0.5, 0.6) is 0 Å². The molecular weight excluding hydrogens is 350 g/mol. The van der Waals surface area contributed by atoms with Crippen molar-refractivity contribution in [2.24, 2.45) is 0 Å². The van der Waals surface area contributed by atoms with Crippen molar-refractivity contribution >= 4 is 29.4 Å². The van der Waals surface area contributed by atoms with Crippen molar-refractivity contribution < 1.29 is 19.5 Å². The molecule has 0 aliphatic carbocycles. The molecule has 0 spiro atoms. The van der Waals surface area contributed by atoms with Gasteiger partial charge in [0.05, 0.1) is 11.5 Å². The van der Waals surface area contributed by atoms with Crippen LogP contribution in [0.3, 0.4) is 0 Å². The molecule has 0 bridgehead atoms. The lowest BCUT2D eigenvalue weighted by Crippen LogP contribution is -2.35. The number of aliphatic carboxylic acids is 1. The van der Waals surface area contributed by atoms with Gasteiger partial charge in [-0.25, -0.2) is 4.79 Å². The van der Waals surface area contributed by atoms with Gasteiger partial charge in [-0.3, -0.25) is 9.59 Å². The van der Waals surface area contributed by atoms with Crippen molar-refractivity contribution in [1.29, 1.82) is 0 Å². The first kappa shape index (κ1) is 19.7. The number of thioether (sulfide) groups is 1. The number of ketones is 1. The highest BCUT2D eigenvalue weighted by atomic mass is 32.2. The van der Waals surface area contributed by atoms with Crippen LogP contribution in [-0.2, 0) is 9.59 Å². The fourth-order valence-corrected chi connectivity index (χ4v) is 3.33. The molecule has 1 unspecified atom stereocenters. The van der Waals surface area contributed by atoms with Crippen molar-refractivity contribution in [2.45, 2.75) is 19.9 Å². The second-order valence-electron chi connectivity index (χ2n) is 6.04. The zero-order chi connectivity index (χ0) is 19.1. The van der Waals surface area contributed by atoms with Gasteiger partial charge in [0, 0.05) is 5.56 Å². The molecular formula is C20H21NO4S. The molecule has 0 aromatic heterocycles. The first-order valence-corrected chi connectivity index (χ1v) is 9.28. The van der Waals surface area contributed by atoms with Gasteiger partial charge in [0.1, 0.15) is 0 Å². The van der Waals surface area contributed by atoms with Gasteiger partial charge in [0.15, 0.2) is 11.8 Å². The smallest absolute Gasteiger partial charge is 0.330 e. The van der Waals surface area contributed by atoms with Crippen LogP contribution in [-0.4, -0.2) is 34.3 Å². The molecule has 0 radical (unpaired) electrons. The van der Waals surface area contributed by atoms with Crippen LogP contribution in [0, 0.1) is 13.8 Å². The zero-order valence-corrected chi connectivity index (χ0v) is 15.5. The number of aryl methyl sites for hydroxylation is 2. The summed E-state index contributed by atoms with van der Waals surface area (Å²) in [6.07, 6.45) is 0. The van der Waals surface area contributed by atoms with Gasteiger partial charge in [-0.15, -0.1) is 11.8 Å². The Morgan fingerprint density at radius 1 is 1.00 bits per heavy atom. The molecule has 5 nitrogen and oxygen atoms in total. The maximum atomic E-state index is 12.1. The van der Waals surface area contributed by atoms with Crippen molar-refractivity contribution in [1.82, 2.24) is 5.32 Å². The van der Waals surface area contributed by atoms with Crippen molar-refractivity contribution in [3.63, 3.8) is 0 Å². The van der Waals surface area contributed by atoms with Gasteiger partial charge >= 0.3 is 5.97 Å². The van der Waals surface area contributed by atoms with Crippen LogP contribution in [0.15, 0.2) is 48.5 Å². The lowest BCUT2D eigenvalue weighted by Gasteiger charge is -2.16. The minimum absolute atomic E-state index is 0.0210. The standard InChI is InChI=1S/C20H21NO4S/c1-13-8-14(2)10-16(9-13)19(20(24)25)21-18(23)12-26-11-17(22)15-6-4-3-5-7-15/h3-10,19H,11-12H2,1-2H3,(H,21,23)(H,24,25). The number of hydrogen-bond donors (Lipinski definition) is 2. The molecule has 26 heavy (non-hydrogen) atoms. The van der Waals surface area contributed by atoms with Crippen LogP contribution in [0.4, 0.5) is 0 Å². The summed E-state index contributed by atoms with van der Waals surface area (Å²) < 4.78 is 0. The number of carboxylic acids is 1. The van der Waals surface area contributed by atoms with E-state index >= 15 is 0 Å². The molecule has 1 amide bonds. The minimum Gasteiger partial charge on any atom is -0.479 e. The summed E-state index contributed by atoms with van der Waals surface area (Å²) in [6, 6.07) is 13.2. The summed E-state index contributed by atoms with van der Waals surface area (Å²) in [4.78, 5) is 35.7. The molecule has 2 aromatic carbocycles. The van der Waals surface area contributed by atoms with Gasteiger partial charge in [-0.1, -0.05) is 59.7 Å². The Morgan fingerprint density at radius 3 is 2.19 bits per heavy atom. The normalized spacial score (nSPS) is 11.6. The largest absolute Gasteiger partial charge is 0.479 e. The number of hydrogen-bond acceptors (Lipinski definition) is 4. The van der Waals surface area contributed by atoms with Crippen LogP contribution >= 0.6 is 11.8 Å². The Balaban J connectivity index is 1.92. The molecule has 0 saturated carbocycles. The minimum atomic E-state index is -1.12. The van der Waals surface area contributed by atoms with Gasteiger partial charge in [0.25, 0.3) is 0 Å². The summed E-state index contributed by atoms with van der Waals surface area (Å²) in [5.74, 6) is -1.41. The lowest BCUT2D eigenvalue weighted by atomic mass is 10.0. The molecule has 0 heterocycles. The highest BCUT2D eigenvalue weighted by molar-refractivity contribution is 8.00. The predicted molar refractivity (Wildman–Crippen MR) is 103 cm³/mol. The summed E-state index contributed by atoms with van der Waals surface area (Å²) in [5, 5.41) is 12.0. The molecule has 136 valence electrons. The summed E-state index contributed by atoms with van der Waals surface area (Å²) in [5.41, 5.74) is 3.00. The maximum Gasteiger partial charge on any atom is 0.330 e. The molecule has 2 N–H and O–H groups in total. The molecule has 1 atom stereocenters. The third-order valence-electron chi connectivity index (χ3n) is 3.69. The fourth-order valence-electron chi connectivity index (χ4n) is 2.61. The van der Waals surface area contributed by atoms with E-state index in [1.165, 1.54) is 0 Å².